The van der Waals surface area contributed by atoms with Gasteiger partial charge in [-0.3, -0.25) is 5.43 Å². The van der Waals surface area contributed by atoms with E-state index in [0.717, 1.165) is 21.7 Å². The Bertz CT molecular complexity index is 710. The molecule has 4 N–H and O–H groups in total. The molecule has 0 aliphatic rings. The van der Waals surface area contributed by atoms with Crippen molar-refractivity contribution >= 4 is 61.6 Å². The minimum Gasteiger partial charge on any atom is -0.340 e. The predicted molar refractivity (Wildman–Crippen MR) is 87.7 cm³/mol. The minimum absolute atomic E-state index is 0.406. The summed E-state index contributed by atoms with van der Waals surface area (Å²) in [6.45, 7) is 0. The normalized spacial score (nSPS) is 10.6. The van der Waals surface area contributed by atoms with Gasteiger partial charge in [-0.1, -0.05) is 0 Å². The zero-order valence-electron chi connectivity index (χ0n) is 9.72. The Morgan fingerprint density at radius 1 is 1.11 bits per heavy atom. The summed E-state index contributed by atoms with van der Waals surface area (Å²) in [5.74, 6) is 6.55. The number of halogens is 1. The summed E-state index contributed by atoms with van der Waals surface area (Å²) in [5.41, 5.74) is 3.47. The van der Waals surface area contributed by atoms with Crippen molar-refractivity contribution in [2.24, 2.45) is 5.84 Å². The first-order valence-electron chi connectivity index (χ1n) is 5.51. The van der Waals surface area contributed by atoms with Gasteiger partial charge in [0.1, 0.15) is 10.6 Å². The molecule has 0 atom stereocenters. The highest BCUT2D eigenvalue weighted by molar-refractivity contribution is 14.1. The zero-order chi connectivity index (χ0) is 13.2. The second-order valence-electron chi connectivity index (χ2n) is 3.81. The monoisotopic (exact) mass is 383 g/mol. The van der Waals surface area contributed by atoms with E-state index in [1.807, 2.05) is 35.7 Å². The van der Waals surface area contributed by atoms with Gasteiger partial charge < -0.3 is 5.32 Å². The maximum atomic E-state index is 5.39. The fourth-order valence-electron chi connectivity index (χ4n) is 1.69. The first-order valence-corrected chi connectivity index (χ1v) is 7.46. The molecule has 0 unspecified atom stereocenters. The van der Waals surface area contributed by atoms with E-state index in [0.29, 0.717) is 5.95 Å². The standard InChI is InChI=1S/C12H10IN5S/c13-7-1-3-8(4-2-7)15-10-9-5-6-19-11(9)17-12(16-10)18-14/h1-6H,14H2,(H2,15,16,17,18). The summed E-state index contributed by atoms with van der Waals surface area (Å²) in [5, 5.41) is 6.26. The van der Waals surface area contributed by atoms with E-state index in [9.17, 15) is 0 Å². The summed E-state index contributed by atoms with van der Waals surface area (Å²) < 4.78 is 1.19. The van der Waals surface area contributed by atoms with Crippen LogP contribution in [0.3, 0.4) is 0 Å². The number of nitrogen functional groups attached to an aromatic ring is 1. The number of anilines is 3. The molecule has 0 bridgehead atoms. The molecule has 5 nitrogen and oxygen atoms in total. The van der Waals surface area contributed by atoms with Crippen LogP contribution in [0.5, 0.6) is 0 Å². The number of nitrogens with one attached hydrogen (secondary N) is 2. The molecular formula is C12H10IN5S. The highest BCUT2D eigenvalue weighted by atomic mass is 127. The Morgan fingerprint density at radius 3 is 2.63 bits per heavy atom. The maximum absolute atomic E-state index is 5.39. The van der Waals surface area contributed by atoms with Crippen LogP contribution in [-0.2, 0) is 0 Å². The third kappa shape index (κ3) is 2.62. The maximum Gasteiger partial charge on any atom is 0.240 e. The molecule has 0 spiro atoms. The Labute approximate surface area is 127 Å². The van der Waals surface area contributed by atoms with Crippen molar-refractivity contribution in [2.45, 2.75) is 0 Å². The van der Waals surface area contributed by atoms with Gasteiger partial charge in [0.2, 0.25) is 5.95 Å². The average Bonchev–Trinajstić information content (AvgIpc) is 2.89. The summed E-state index contributed by atoms with van der Waals surface area (Å²) in [4.78, 5) is 9.56. The number of nitrogens with two attached hydrogens (primary N) is 1. The summed E-state index contributed by atoms with van der Waals surface area (Å²) in [7, 11) is 0. The molecule has 2 aromatic heterocycles. The van der Waals surface area contributed by atoms with Gasteiger partial charge >= 0.3 is 0 Å². The van der Waals surface area contributed by atoms with Crippen molar-refractivity contribution in [3.8, 4) is 0 Å². The van der Waals surface area contributed by atoms with Crippen LogP contribution in [0.1, 0.15) is 0 Å². The van der Waals surface area contributed by atoms with E-state index in [1.165, 1.54) is 3.57 Å². The summed E-state index contributed by atoms with van der Waals surface area (Å²) in [6.07, 6.45) is 0. The van der Waals surface area contributed by atoms with Gasteiger partial charge in [0.15, 0.2) is 0 Å². The molecule has 7 heteroatoms. The number of aromatic nitrogens is 2. The van der Waals surface area contributed by atoms with Crippen LogP contribution in [0.4, 0.5) is 17.5 Å². The molecule has 0 aliphatic heterocycles. The van der Waals surface area contributed by atoms with Gasteiger partial charge in [-0.15, -0.1) is 11.3 Å². The lowest BCUT2D eigenvalue weighted by atomic mass is 10.3. The fraction of sp³-hybridized carbons (Fsp3) is 0. The van der Waals surface area contributed by atoms with Crippen molar-refractivity contribution in [1.82, 2.24) is 9.97 Å². The van der Waals surface area contributed by atoms with Crippen molar-refractivity contribution in [3.05, 3.63) is 39.3 Å². The van der Waals surface area contributed by atoms with Gasteiger partial charge in [0.05, 0.1) is 5.39 Å². The lowest BCUT2D eigenvalue weighted by Crippen LogP contribution is -2.11. The molecule has 1 aromatic carbocycles. The lowest BCUT2D eigenvalue weighted by molar-refractivity contribution is 1.16. The number of hydrogen-bond donors (Lipinski definition) is 3. The molecule has 96 valence electrons. The molecule has 0 radical (unpaired) electrons. The minimum atomic E-state index is 0.406. The molecule has 2 heterocycles. The summed E-state index contributed by atoms with van der Waals surface area (Å²) >= 11 is 3.83. The van der Waals surface area contributed by atoms with E-state index in [2.05, 4.69) is 43.3 Å². The molecule has 19 heavy (non-hydrogen) atoms. The highest BCUT2D eigenvalue weighted by Crippen LogP contribution is 2.28. The second-order valence-corrected chi connectivity index (χ2v) is 5.95. The quantitative estimate of drug-likeness (QED) is 0.368. The molecule has 0 saturated carbocycles. The van der Waals surface area contributed by atoms with E-state index in [-0.39, 0.29) is 0 Å². The largest absolute Gasteiger partial charge is 0.340 e. The fourth-order valence-corrected chi connectivity index (χ4v) is 2.81. The van der Waals surface area contributed by atoms with E-state index in [4.69, 9.17) is 5.84 Å². The SMILES string of the molecule is NNc1nc(Nc2ccc(I)cc2)c2ccsc2n1. The summed E-state index contributed by atoms with van der Waals surface area (Å²) in [6, 6.07) is 10.1. The van der Waals surface area contributed by atoms with Gasteiger partial charge in [-0.25, -0.2) is 10.8 Å². The molecule has 0 fully saturated rings. The van der Waals surface area contributed by atoms with Gasteiger partial charge in [-0.05, 0) is 58.3 Å². The number of benzene rings is 1. The molecule has 0 amide bonds. The number of fused-ring (bicyclic) bond motifs is 1. The van der Waals surface area contributed by atoms with Gasteiger partial charge in [0.25, 0.3) is 0 Å². The first kappa shape index (κ1) is 12.6. The van der Waals surface area contributed by atoms with Crippen LogP contribution in [0, 0.1) is 3.57 Å². The zero-order valence-corrected chi connectivity index (χ0v) is 12.7. The molecule has 0 saturated heterocycles. The van der Waals surface area contributed by atoms with E-state index in [1.54, 1.807) is 11.3 Å². The van der Waals surface area contributed by atoms with Gasteiger partial charge in [0, 0.05) is 9.26 Å². The second kappa shape index (κ2) is 5.27. The van der Waals surface area contributed by atoms with Crippen molar-refractivity contribution in [2.75, 3.05) is 10.7 Å². The van der Waals surface area contributed by atoms with Crippen molar-refractivity contribution in [3.63, 3.8) is 0 Å². The highest BCUT2D eigenvalue weighted by Gasteiger charge is 2.08. The van der Waals surface area contributed by atoms with Crippen LogP contribution in [-0.4, -0.2) is 9.97 Å². The van der Waals surface area contributed by atoms with Gasteiger partial charge in [-0.2, -0.15) is 4.98 Å². The van der Waals surface area contributed by atoms with Crippen LogP contribution in [0.25, 0.3) is 10.2 Å². The molecule has 3 aromatic rings. The lowest BCUT2D eigenvalue weighted by Gasteiger charge is -2.08. The van der Waals surface area contributed by atoms with E-state index < -0.39 is 0 Å². The van der Waals surface area contributed by atoms with Crippen LogP contribution in [0.15, 0.2) is 35.7 Å². The topological polar surface area (TPSA) is 75.9 Å². The van der Waals surface area contributed by atoms with Crippen molar-refractivity contribution < 1.29 is 0 Å². The molecule has 0 aliphatic carbocycles. The predicted octanol–water partition coefficient (Wildman–Crippen LogP) is 3.33. The van der Waals surface area contributed by atoms with Crippen molar-refractivity contribution in [1.29, 1.82) is 0 Å². The Hall–Kier alpha value is -1.45. The Kier molecular flexibility index (Phi) is 3.49. The molecule has 3 rings (SSSR count). The Balaban J connectivity index is 2.03. The smallest absolute Gasteiger partial charge is 0.240 e. The number of hydrogen-bond acceptors (Lipinski definition) is 6. The first-order chi connectivity index (χ1) is 9.26. The third-order valence-corrected chi connectivity index (χ3v) is 4.09. The van der Waals surface area contributed by atoms with E-state index >= 15 is 0 Å². The average molecular weight is 383 g/mol. The number of hydrazine groups is 1. The molecular weight excluding hydrogens is 373 g/mol. The number of thiophene rings is 1. The van der Waals surface area contributed by atoms with Crippen LogP contribution in [0.2, 0.25) is 0 Å². The third-order valence-electron chi connectivity index (χ3n) is 2.56. The Morgan fingerprint density at radius 2 is 1.89 bits per heavy atom. The number of nitrogens with zero attached hydrogens (tertiary/aromatic N) is 2. The number of rotatable bonds is 3. The van der Waals surface area contributed by atoms with Crippen LogP contribution >= 0.6 is 33.9 Å². The van der Waals surface area contributed by atoms with Crippen LogP contribution < -0.4 is 16.6 Å².